The fourth-order valence-corrected chi connectivity index (χ4v) is 5.49. The molecule has 0 saturated carbocycles. The highest BCUT2D eigenvalue weighted by atomic mass is 16.6. The van der Waals surface area contributed by atoms with Crippen LogP contribution in [0.1, 0.15) is 24.0 Å². The Balaban J connectivity index is 1.64. The van der Waals surface area contributed by atoms with Crippen molar-refractivity contribution in [3.8, 4) is 0 Å². The minimum absolute atomic E-state index is 0.0439. The number of primary amides is 1. The van der Waals surface area contributed by atoms with E-state index in [1.807, 2.05) is 0 Å². The maximum atomic E-state index is 13.8. The molecule has 0 bridgehead atoms. The molecule has 34 heavy (non-hydrogen) atoms. The number of para-hydroxylation sites is 1. The van der Waals surface area contributed by atoms with Gasteiger partial charge >= 0.3 is 0 Å². The number of nitrogens with two attached hydrogens (primary N) is 1. The highest BCUT2D eigenvalue weighted by Gasteiger charge is 2.70. The first-order valence-electron chi connectivity index (χ1n) is 10.8. The van der Waals surface area contributed by atoms with Gasteiger partial charge in [0.15, 0.2) is 0 Å². The number of imide groups is 1. The van der Waals surface area contributed by atoms with Crippen molar-refractivity contribution >= 4 is 40.7 Å². The summed E-state index contributed by atoms with van der Waals surface area (Å²) in [6.07, 6.45) is 0.103. The summed E-state index contributed by atoms with van der Waals surface area (Å²) in [5.41, 5.74) is 5.10. The van der Waals surface area contributed by atoms with Crippen molar-refractivity contribution < 1.29 is 24.1 Å². The van der Waals surface area contributed by atoms with E-state index in [1.165, 1.54) is 18.2 Å². The predicted octanol–water partition coefficient (Wildman–Crippen LogP) is 1.09. The summed E-state index contributed by atoms with van der Waals surface area (Å²) in [4.78, 5) is 64.0. The van der Waals surface area contributed by atoms with Crippen molar-refractivity contribution in [1.82, 2.24) is 5.32 Å². The second-order valence-electron chi connectivity index (χ2n) is 8.81. The molecule has 2 fully saturated rings. The Morgan fingerprint density at radius 3 is 2.62 bits per heavy atom. The van der Waals surface area contributed by atoms with Crippen molar-refractivity contribution in [2.45, 2.75) is 31.3 Å². The van der Waals surface area contributed by atoms with Crippen LogP contribution < -0.4 is 21.3 Å². The molecule has 1 spiro atoms. The number of rotatable bonds is 5. The van der Waals surface area contributed by atoms with Crippen molar-refractivity contribution in [2.24, 2.45) is 17.6 Å². The van der Waals surface area contributed by atoms with Crippen molar-refractivity contribution in [2.75, 3.05) is 10.2 Å². The van der Waals surface area contributed by atoms with E-state index in [-0.39, 0.29) is 24.2 Å². The Labute approximate surface area is 193 Å². The van der Waals surface area contributed by atoms with Crippen LogP contribution in [-0.4, -0.2) is 34.6 Å². The molecule has 2 saturated heterocycles. The summed E-state index contributed by atoms with van der Waals surface area (Å²) in [6.45, 7) is 1.56. The SMILES string of the molecule is Cc1ccc(N2C(=O)[C@@H]3[C@H](CCC(N)=O)N[C@]4(C(=O)Nc5ccccc54)[C@H]3C2=O)cc1[N+](=O)[O-]. The smallest absolute Gasteiger partial charge is 0.274 e. The summed E-state index contributed by atoms with van der Waals surface area (Å²) < 4.78 is 0. The number of nitrogens with zero attached hydrogens (tertiary/aromatic N) is 2. The van der Waals surface area contributed by atoms with Gasteiger partial charge in [0, 0.05) is 35.3 Å². The number of nitro groups is 1. The fourth-order valence-electron chi connectivity index (χ4n) is 5.49. The van der Waals surface area contributed by atoms with E-state index in [4.69, 9.17) is 5.73 Å². The van der Waals surface area contributed by atoms with Gasteiger partial charge in [-0.05, 0) is 25.5 Å². The number of hydrogen-bond acceptors (Lipinski definition) is 7. The summed E-state index contributed by atoms with van der Waals surface area (Å²) in [5, 5.41) is 17.4. The van der Waals surface area contributed by atoms with Crippen LogP contribution in [0, 0.1) is 28.9 Å². The molecule has 3 aliphatic rings. The van der Waals surface area contributed by atoms with Gasteiger partial charge in [-0.25, -0.2) is 4.90 Å². The number of anilines is 2. The average Bonchev–Trinajstić information content (AvgIpc) is 3.37. The number of nitrogens with one attached hydrogen (secondary N) is 2. The second kappa shape index (κ2) is 7.45. The van der Waals surface area contributed by atoms with Crippen LogP contribution in [0.25, 0.3) is 0 Å². The molecule has 11 nitrogen and oxygen atoms in total. The number of aryl methyl sites for hydroxylation is 1. The van der Waals surface area contributed by atoms with Crippen LogP contribution in [0.15, 0.2) is 42.5 Å². The van der Waals surface area contributed by atoms with E-state index in [0.717, 1.165) is 4.90 Å². The molecule has 2 aromatic carbocycles. The van der Waals surface area contributed by atoms with E-state index >= 15 is 0 Å². The maximum Gasteiger partial charge on any atom is 0.274 e. The minimum Gasteiger partial charge on any atom is -0.370 e. The number of hydrogen-bond donors (Lipinski definition) is 3. The van der Waals surface area contributed by atoms with Gasteiger partial charge in [-0.2, -0.15) is 0 Å². The first kappa shape index (κ1) is 21.7. The normalized spacial score (nSPS) is 27.1. The third-order valence-electron chi connectivity index (χ3n) is 6.97. The van der Waals surface area contributed by atoms with Crippen LogP contribution in [-0.2, 0) is 24.7 Å². The molecule has 5 rings (SSSR count). The van der Waals surface area contributed by atoms with Crippen LogP contribution in [0.3, 0.4) is 0 Å². The Morgan fingerprint density at radius 1 is 1.18 bits per heavy atom. The summed E-state index contributed by atoms with van der Waals surface area (Å²) >= 11 is 0. The number of carbonyl (C=O) groups is 4. The van der Waals surface area contributed by atoms with Crippen LogP contribution in [0.5, 0.6) is 0 Å². The van der Waals surface area contributed by atoms with Crippen molar-refractivity contribution in [3.05, 3.63) is 63.7 Å². The van der Waals surface area contributed by atoms with Crippen LogP contribution in [0.4, 0.5) is 17.1 Å². The van der Waals surface area contributed by atoms with Crippen molar-refractivity contribution in [1.29, 1.82) is 0 Å². The number of carbonyl (C=O) groups excluding carboxylic acids is 4. The molecule has 4 amide bonds. The standard InChI is InChI=1S/C23H21N5O6/c1-11-6-7-12(10-16(11)28(33)34)27-20(30)18-15(8-9-17(24)29)26-23(19(18)21(27)31)13-4-2-3-5-14(13)25-22(23)32/h2-7,10,15,18-19,26H,8-9H2,1H3,(H2,24,29)(H,25,32)/t15-,18+,19+,23-/m0/s1. The zero-order valence-electron chi connectivity index (χ0n) is 18.1. The fraction of sp³-hybridized carbons (Fsp3) is 0.304. The number of nitro benzene ring substituents is 1. The Kier molecular flexibility index (Phi) is 4.76. The van der Waals surface area contributed by atoms with Gasteiger partial charge in [0.2, 0.25) is 23.6 Å². The van der Waals surface area contributed by atoms with Crippen molar-refractivity contribution in [3.63, 3.8) is 0 Å². The second-order valence-corrected chi connectivity index (χ2v) is 8.81. The number of amides is 4. The molecule has 174 valence electrons. The lowest BCUT2D eigenvalue weighted by Crippen LogP contribution is -2.53. The largest absolute Gasteiger partial charge is 0.370 e. The number of fused-ring (bicyclic) bond motifs is 4. The Bertz CT molecular complexity index is 1290. The van der Waals surface area contributed by atoms with Gasteiger partial charge in [0.1, 0.15) is 5.54 Å². The maximum absolute atomic E-state index is 13.8. The highest BCUT2D eigenvalue weighted by Crippen LogP contribution is 2.54. The molecule has 4 atom stereocenters. The lowest BCUT2D eigenvalue weighted by Gasteiger charge is -2.29. The van der Waals surface area contributed by atoms with Gasteiger partial charge in [0.25, 0.3) is 5.69 Å². The molecule has 2 aromatic rings. The quantitative estimate of drug-likeness (QED) is 0.339. The van der Waals surface area contributed by atoms with Gasteiger partial charge in [-0.3, -0.25) is 34.6 Å². The molecular formula is C23H21N5O6. The highest BCUT2D eigenvalue weighted by molar-refractivity contribution is 6.26. The first-order chi connectivity index (χ1) is 16.2. The minimum atomic E-state index is -1.51. The Hall–Kier alpha value is -4.12. The first-order valence-corrected chi connectivity index (χ1v) is 10.8. The average molecular weight is 463 g/mol. The molecule has 0 aliphatic carbocycles. The topological polar surface area (TPSA) is 165 Å². The van der Waals surface area contributed by atoms with Crippen LogP contribution >= 0.6 is 0 Å². The zero-order chi connectivity index (χ0) is 24.4. The molecule has 3 aliphatic heterocycles. The Morgan fingerprint density at radius 2 is 1.91 bits per heavy atom. The van der Waals surface area contributed by atoms with Gasteiger partial charge in [-0.1, -0.05) is 24.3 Å². The molecule has 0 aromatic heterocycles. The lowest BCUT2D eigenvalue weighted by molar-refractivity contribution is -0.385. The van der Waals surface area contributed by atoms with Gasteiger partial charge in [-0.15, -0.1) is 0 Å². The monoisotopic (exact) mass is 463 g/mol. The summed E-state index contributed by atoms with van der Waals surface area (Å²) in [6, 6.07) is 10.3. The predicted molar refractivity (Wildman–Crippen MR) is 119 cm³/mol. The molecule has 4 N–H and O–H groups in total. The van der Waals surface area contributed by atoms with E-state index in [0.29, 0.717) is 16.8 Å². The third-order valence-corrected chi connectivity index (χ3v) is 6.97. The third kappa shape index (κ3) is 2.86. The van der Waals surface area contributed by atoms with Gasteiger partial charge in [0.05, 0.1) is 22.4 Å². The molecule has 0 radical (unpaired) electrons. The molecule has 0 unspecified atom stereocenters. The number of benzene rings is 2. The van der Waals surface area contributed by atoms with E-state index in [1.54, 1.807) is 31.2 Å². The molecular weight excluding hydrogens is 442 g/mol. The zero-order valence-corrected chi connectivity index (χ0v) is 18.1. The molecule has 3 heterocycles. The van der Waals surface area contributed by atoms with E-state index in [2.05, 4.69) is 10.6 Å². The van der Waals surface area contributed by atoms with E-state index < -0.39 is 52.0 Å². The van der Waals surface area contributed by atoms with Crippen LogP contribution in [0.2, 0.25) is 0 Å². The summed E-state index contributed by atoms with van der Waals surface area (Å²) in [7, 11) is 0. The van der Waals surface area contributed by atoms with E-state index in [9.17, 15) is 29.3 Å². The molecule has 11 heteroatoms. The lowest BCUT2D eigenvalue weighted by atomic mass is 9.76. The summed E-state index contributed by atoms with van der Waals surface area (Å²) in [5.74, 6) is -4.30. The van der Waals surface area contributed by atoms with Gasteiger partial charge < -0.3 is 11.1 Å².